The smallest absolute Gasteiger partial charge is 0.419 e. The van der Waals surface area contributed by atoms with E-state index in [-0.39, 0.29) is 6.54 Å². The summed E-state index contributed by atoms with van der Waals surface area (Å²) in [5, 5.41) is 8.18. The summed E-state index contributed by atoms with van der Waals surface area (Å²) in [6.07, 6.45) is -1.26. The summed E-state index contributed by atoms with van der Waals surface area (Å²) >= 11 is 0. The van der Waals surface area contributed by atoms with Crippen LogP contribution in [0.1, 0.15) is 5.56 Å². The van der Waals surface area contributed by atoms with Crippen LogP contribution in [-0.4, -0.2) is 11.2 Å². The lowest BCUT2D eigenvalue weighted by molar-refractivity contribution is 0.189. The van der Waals surface area contributed by atoms with Gasteiger partial charge < -0.3 is 5.11 Å². The molecule has 0 saturated heterocycles. The first-order chi connectivity index (χ1) is 6.58. The van der Waals surface area contributed by atoms with Crippen LogP contribution in [0.25, 0.3) is 0 Å². The summed E-state index contributed by atoms with van der Waals surface area (Å²) in [6, 6.07) is 2.97. The van der Waals surface area contributed by atoms with Gasteiger partial charge in [-0.1, -0.05) is 0 Å². The molecule has 6 heteroatoms. The van der Waals surface area contributed by atoms with Crippen molar-refractivity contribution in [3.05, 3.63) is 35.4 Å². The van der Waals surface area contributed by atoms with Crippen molar-refractivity contribution >= 4 is 6.09 Å². The highest BCUT2D eigenvalue weighted by atomic mass is 19.1. The van der Waals surface area contributed by atoms with Crippen LogP contribution in [0.4, 0.5) is 13.6 Å². The zero-order valence-corrected chi connectivity index (χ0v) is 7.05. The maximum Gasteiger partial charge on any atom is 0.419 e. The zero-order valence-electron chi connectivity index (χ0n) is 7.05. The van der Waals surface area contributed by atoms with Crippen molar-refractivity contribution in [2.24, 2.45) is 0 Å². The van der Waals surface area contributed by atoms with E-state index in [0.717, 1.165) is 18.2 Å². The zero-order chi connectivity index (χ0) is 10.6. The standard InChI is InChI=1S/C8H8F2N2O2/c9-6-1-5(2-7(10)3-6)4-11-12-8(13)14/h1-3,11-12H,4H2,(H,13,14). The number of rotatable bonds is 3. The van der Waals surface area contributed by atoms with Gasteiger partial charge in [-0.05, 0) is 17.7 Å². The second-order valence-corrected chi connectivity index (χ2v) is 2.56. The minimum absolute atomic E-state index is 0.0149. The predicted molar refractivity (Wildman–Crippen MR) is 44.4 cm³/mol. The van der Waals surface area contributed by atoms with Gasteiger partial charge >= 0.3 is 6.09 Å². The molecule has 0 saturated carbocycles. The van der Waals surface area contributed by atoms with E-state index in [1.807, 2.05) is 5.43 Å². The van der Waals surface area contributed by atoms with E-state index < -0.39 is 17.7 Å². The largest absolute Gasteiger partial charge is 0.464 e. The first-order valence-corrected chi connectivity index (χ1v) is 3.74. The Morgan fingerprint density at radius 1 is 1.29 bits per heavy atom. The molecular weight excluding hydrogens is 194 g/mol. The van der Waals surface area contributed by atoms with Gasteiger partial charge in [-0.25, -0.2) is 19.0 Å². The van der Waals surface area contributed by atoms with E-state index in [9.17, 15) is 13.6 Å². The molecule has 0 aromatic heterocycles. The van der Waals surface area contributed by atoms with Gasteiger partial charge in [0.2, 0.25) is 0 Å². The Morgan fingerprint density at radius 2 is 1.86 bits per heavy atom. The monoisotopic (exact) mass is 202 g/mol. The van der Waals surface area contributed by atoms with Crippen molar-refractivity contribution in [1.29, 1.82) is 0 Å². The SMILES string of the molecule is O=C(O)NNCc1cc(F)cc(F)c1. The minimum Gasteiger partial charge on any atom is -0.464 e. The molecule has 0 unspecified atom stereocenters. The number of halogens is 2. The van der Waals surface area contributed by atoms with E-state index in [4.69, 9.17) is 5.11 Å². The van der Waals surface area contributed by atoms with Crippen molar-refractivity contribution in [1.82, 2.24) is 10.9 Å². The molecule has 1 rings (SSSR count). The molecule has 0 heterocycles. The Balaban J connectivity index is 2.54. The summed E-state index contributed by atoms with van der Waals surface area (Å²) < 4.78 is 25.2. The average Bonchev–Trinajstić information content (AvgIpc) is 2.01. The number of amides is 1. The van der Waals surface area contributed by atoms with E-state index in [0.29, 0.717) is 5.56 Å². The Kier molecular flexibility index (Phi) is 3.35. The van der Waals surface area contributed by atoms with Crippen LogP contribution in [0.2, 0.25) is 0 Å². The van der Waals surface area contributed by atoms with Crippen molar-refractivity contribution in [2.45, 2.75) is 6.54 Å². The van der Waals surface area contributed by atoms with Gasteiger partial charge in [-0.2, -0.15) is 0 Å². The van der Waals surface area contributed by atoms with Crippen molar-refractivity contribution in [2.75, 3.05) is 0 Å². The van der Waals surface area contributed by atoms with Gasteiger partial charge in [0.1, 0.15) is 11.6 Å². The second kappa shape index (κ2) is 4.52. The summed E-state index contributed by atoms with van der Waals surface area (Å²) in [6.45, 7) is 0.0149. The number of hydrogen-bond acceptors (Lipinski definition) is 2. The molecule has 0 aliphatic rings. The molecule has 0 bridgehead atoms. The summed E-state index contributed by atoms with van der Waals surface area (Å²) in [4.78, 5) is 10.0. The Morgan fingerprint density at radius 3 is 2.36 bits per heavy atom. The lowest BCUT2D eigenvalue weighted by atomic mass is 10.2. The number of carboxylic acid groups (broad SMARTS) is 1. The molecule has 1 aromatic carbocycles. The van der Waals surface area contributed by atoms with E-state index in [1.165, 1.54) is 0 Å². The topological polar surface area (TPSA) is 61.4 Å². The second-order valence-electron chi connectivity index (χ2n) is 2.56. The first kappa shape index (κ1) is 10.4. The van der Waals surface area contributed by atoms with Gasteiger partial charge in [0.15, 0.2) is 0 Å². The Bertz CT molecular complexity index is 324. The van der Waals surface area contributed by atoms with E-state index >= 15 is 0 Å². The molecule has 0 spiro atoms. The fourth-order valence-corrected chi connectivity index (χ4v) is 0.935. The maximum atomic E-state index is 12.6. The van der Waals surface area contributed by atoms with Crippen molar-refractivity contribution < 1.29 is 18.7 Å². The first-order valence-electron chi connectivity index (χ1n) is 3.74. The lowest BCUT2D eigenvalue weighted by Gasteiger charge is -2.04. The van der Waals surface area contributed by atoms with Crippen LogP contribution in [0.3, 0.4) is 0 Å². The highest BCUT2D eigenvalue weighted by molar-refractivity contribution is 5.63. The fourth-order valence-electron chi connectivity index (χ4n) is 0.935. The molecular formula is C8H8F2N2O2. The van der Waals surface area contributed by atoms with Crippen LogP contribution in [0, 0.1) is 11.6 Å². The molecule has 76 valence electrons. The lowest BCUT2D eigenvalue weighted by Crippen LogP contribution is -2.35. The van der Waals surface area contributed by atoms with Gasteiger partial charge in [0, 0.05) is 12.6 Å². The molecule has 0 aliphatic heterocycles. The number of carbonyl (C=O) groups is 1. The minimum atomic E-state index is -1.26. The van der Waals surface area contributed by atoms with Gasteiger partial charge in [0.25, 0.3) is 0 Å². The molecule has 14 heavy (non-hydrogen) atoms. The van der Waals surface area contributed by atoms with Crippen molar-refractivity contribution in [3.63, 3.8) is 0 Å². The Hall–Kier alpha value is -1.69. The third kappa shape index (κ3) is 3.36. The van der Waals surface area contributed by atoms with Crippen LogP contribution in [-0.2, 0) is 6.54 Å². The Labute approximate surface area is 78.5 Å². The van der Waals surface area contributed by atoms with Gasteiger partial charge in [0.05, 0.1) is 0 Å². The van der Waals surface area contributed by atoms with Crippen LogP contribution < -0.4 is 10.9 Å². The molecule has 1 amide bonds. The maximum absolute atomic E-state index is 12.6. The summed E-state index contributed by atoms with van der Waals surface area (Å²) in [5.41, 5.74) is 4.44. The van der Waals surface area contributed by atoms with E-state index in [1.54, 1.807) is 0 Å². The molecule has 0 radical (unpaired) electrons. The molecule has 3 N–H and O–H groups in total. The molecule has 0 aliphatic carbocycles. The molecule has 0 fully saturated rings. The van der Waals surface area contributed by atoms with Crippen LogP contribution in [0.15, 0.2) is 18.2 Å². The number of benzene rings is 1. The third-order valence-electron chi connectivity index (χ3n) is 1.41. The number of nitrogens with one attached hydrogen (secondary N) is 2. The number of hydrogen-bond donors (Lipinski definition) is 3. The quantitative estimate of drug-likeness (QED) is 0.646. The highest BCUT2D eigenvalue weighted by Crippen LogP contribution is 2.06. The highest BCUT2D eigenvalue weighted by Gasteiger charge is 2.00. The van der Waals surface area contributed by atoms with Crippen molar-refractivity contribution in [3.8, 4) is 0 Å². The summed E-state index contributed by atoms with van der Waals surface area (Å²) in [5.74, 6) is -1.39. The fraction of sp³-hybridized carbons (Fsp3) is 0.125. The van der Waals surface area contributed by atoms with Crippen LogP contribution in [0.5, 0.6) is 0 Å². The predicted octanol–water partition coefficient (Wildman–Crippen LogP) is 1.24. The third-order valence-corrected chi connectivity index (χ3v) is 1.41. The van der Waals surface area contributed by atoms with Crippen LogP contribution >= 0.6 is 0 Å². The van der Waals surface area contributed by atoms with Gasteiger partial charge in [-0.15, -0.1) is 0 Å². The normalized spacial score (nSPS) is 9.86. The molecule has 0 atom stereocenters. The molecule has 4 nitrogen and oxygen atoms in total. The molecule has 1 aromatic rings. The average molecular weight is 202 g/mol. The summed E-state index contributed by atoms with van der Waals surface area (Å²) in [7, 11) is 0. The van der Waals surface area contributed by atoms with E-state index in [2.05, 4.69) is 5.43 Å². The van der Waals surface area contributed by atoms with Gasteiger partial charge in [-0.3, -0.25) is 5.43 Å². The number of hydrazine groups is 1.